The zero-order chi connectivity index (χ0) is 9.35. The summed E-state index contributed by atoms with van der Waals surface area (Å²) in [7, 11) is 0. The van der Waals surface area contributed by atoms with Crippen LogP contribution in [0.2, 0.25) is 0 Å². The highest BCUT2D eigenvalue weighted by molar-refractivity contribution is 6.68. The van der Waals surface area contributed by atoms with E-state index >= 15 is 0 Å². The molecule has 0 saturated heterocycles. The predicted molar refractivity (Wildman–Crippen MR) is 45.8 cm³/mol. The Morgan fingerprint density at radius 1 is 1.92 bits per heavy atom. The minimum absolute atomic E-state index is 0.196. The molecule has 2 atom stereocenters. The molecule has 0 aromatic heterocycles. The highest BCUT2D eigenvalue weighted by Crippen LogP contribution is 2.20. The molecular formula is C6H8ClN3O2. The van der Waals surface area contributed by atoms with Crippen molar-refractivity contribution in [2.75, 3.05) is 0 Å². The Labute approximate surface area is 74.1 Å². The summed E-state index contributed by atoms with van der Waals surface area (Å²) in [6.07, 6.45) is 1.82. The van der Waals surface area contributed by atoms with Crippen LogP contribution in [-0.2, 0) is 0 Å². The van der Waals surface area contributed by atoms with Crippen LogP contribution in [0.4, 0.5) is 0 Å². The van der Waals surface area contributed by atoms with E-state index in [9.17, 15) is 10.1 Å². The first kappa shape index (κ1) is 9.15. The van der Waals surface area contributed by atoms with Gasteiger partial charge in [0.25, 0.3) is 5.54 Å². The fraction of sp³-hybridized carbons (Fsp3) is 0.500. The van der Waals surface area contributed by atoms with Crippen LogP contribution in [-0.4, -0.2) is 21.8 Å². The molecule has 0 bridgehead atoms. The number of aliphatic imine (C=N–C) groups is 1. The quantitative estimate of drug-likeness (QED) is 0.482. The molecule has 0 saturated carbocycles. The van der Waals surface area contributed by atoms with Gasteiger partial charge < -0.3 is 5.73 Å². The molecule has 1 aliphatic heterocycles. The number of halogens is 1. The van der Waals surface area contributed by atoms with Gasteiger partial charge in [-0.15, -0.1) is 0 Å². The maximum absolute atomic E-state index is 10.6. The van der Waals surface area contributed by atoms with Crippen molar-refractivity contribution in [2.45, 2.75) is 18.6 Å². The molecule has 0 spiro atoms. The second-order valence-corrected chi connectivity index (χ2v) is 3.10. The highest BCUT2D eigenvalue weighted by atomic mass is 35.5. The monoisotopic (exact) mass is 189 g/mol. The zero-order valence-corrected chi connectivity index (χ0v) is 7.15. The summed E-state index contributed by atoms with van der Waals surface area (Å²) in [5.41, 5.74) is 4.10. The van der Waals surface area contributed by atoms with Crippen LogP contribution in [0.25, 0.3) is 0 Å². The molecule has 5 nitrogen and oxygen atoms in total. The molecule has 0 fully saturated rings. The number of dihydropyridines is 1. The molecule has 0 aromatic rings. The zero-order valence-electron chi connectivity index (χ0n) is 6.40. The third kappa shape index (κ3) is 1.33. The Hall–Kier alpha value is -0.940. The lowest BCUT2D eigenvalue weighted by atomic mass is 9.98. The molecule has 6 heteroatoms. The van der Waals surface area contributed by atoms with Crippen molar-refractivity contribution < 1.29 is 4.92 Å². The van der Waals surface area contributed by atoms with Gasteiger partial charge in [-0.05, 0) is 12.2 Å². The van der Waals surface area contributed by atoms with Crippen molar-refractivity contribution in [1.82, 2.24) is 0 Å². The van der Waals surface area contributed by atoms with Crippen LogP contribution < -0.4 is 5.73 Å². The van der Waals surface area contributed by atoms with Gasteiger partial charge in [0.05, 0.1) is 0 Å². The largest absolute Gasteiger partial charge is 0.303 e. The summed E-state index contributed by atoms with van der Waals surface area (Å²) in [5, 5.41) is 10.8. The molecule has 1 rings (SSSR count). The van der Waals surface area contributed by atoms with Crippen LogP contribution in [0.3, 0.4) is 0 Å². The molecule has 0 amide bonds. The Balaban J connectivity index is 2.99. The van der Waals surface area contributed by atoms with Crippen LogP contribution in [0.15, 0.2) is 17.1 Å². The van der Waals surface area contributed by atoms with Crippen molar-refractivity contribution in [3.63, 3.8) is 0 Å². The molecule has 66 valence electrons. The Bertz CT molecular complexity index is 276. The minimum atomic E-state index is -1.33. The van der Waals surface area contributed by atoms with Crippen molar-refractivity contribution in [3.05, 3.63) is 22.3 Å². The van der Waals surface area contributed by atoms with Gasteiger partial charge in [0, 0.05) is 11.8 Å². The molecule has 1 aliphatic rings. The maximum Gasteiger partial charge on any atom is 0.272 e. The summed E-state index contributed by atoms with van der Waals surface area (Å²) in [4.78, 5) is 13.8. The molecule has 12 heavy (non-hydrogen) atoms. The highest BCUT2D eigenvalue weighted by Gasteiger charge is 2.43. The second-order valence-electron chi connectivity index (χ2n) is 2.71. The topological polar surface area (TPSA) is 81.5 Å². The van der Waals surface area contributed by atoms with Gasteiger partial charge in [-0.25, -0.2) is 4.99 Å². The summed E-state index contributed by atoms with van der Waals surface area (Å²) in [6, 6.07) is 0. The smallest absolute Gasteiger partial charge is 0.272 e. The van der Waals surface area contributed by atoms with E-state index in [0.29, 0.717) is 0 Å². The summed E-state index contributed by atoms with van der Waals surface area (Å²) in [6.45, 7) is 1.40. The number of rotatable bonds is 1. The van der Waals surface area contributed by atoms with E-state index in [1.54, 1.807) is 0 Å². The van der Waals surface area contributed by atoms with Crippen LogP contribution in [0, 0.1) is 10.1 Å². The maximum atomic E-state index is 10.6. The molecule has 2 N–H and O–H groups in total. The minimum Gasteiger partial charge on any atom is -0.303 e. The number of nitrogens with zero attached hydrogens (tertiary/aromatic N) is 2. The van der Waals surface area contributed by atoms with Gasteiger partial charge in [0.2, 0.25) is 0 Å². The second kappa shape index (κ2) is 2.84. The average Bonchev–Trinajstić information content (AvgIpc) is 1.97. The third-order valence-electron chi connectivity index (χ3n) is 1.81. The van der Waals surface area contributed by atoms with Gasteiger partial charge >= 0.3 is 0 Å². The molecule has 0 radical (unpaired) electrons. The van der Waals surface area contributed by atoms with Gasteiger partial charge in [0.1, 0.15) is 5.17 Å². The van der Waals surface area contributed by atoms with E-state index < -0.39 is 16.6 Å². The molecule has 0 aromatic carbocycles. The first-order valence-corrected chi connectivity index (χ1v) is 3.67. The summed E-state index contributed by atoms with van der Waals surface area (Å²) >= 11 is 5.50. The first-order valence-electron chi connectivity index (χ1n) is 3.29. The average molecular weight is 190 g/mol. The van der Waals surface area contributed by atoms with Gasteiger partial charge in [-0.2, -0.15) is 0 Å². The van der Waals surface area contributed by atoms with Gasteiger partial charge in [-0.1, -0.05) is 11.6 Å². The number of allylic oxidation sites excluding steroid dienone is 1. The lowest BCUT2D eigenvalue weighted by Gasteiger charge is -2.23. The number of nitrogens with two attached hydrogens (primary N) is 1. The van der Waals surface area contributed by atoms with E-state index in [2.05, 4.69) is 4.99 Å². The lowest BCUT2D eigenvalue weighted by molar-refractivity contribution is -0.553. The Morgan fingerprint density at radius 2 is 2.50 bits per heavy atom. The standard InChI is InChI=1S/C6H8ClN3O2/c1-6(10(11)12)3-2-4(7)9-5(6)8/h2-3,5H,8H2,1H3. The number of nitro groups is 1. The fourth-order valence-corrected chi connectivity index (χ4v) is 0.980. The van der Waals surface area contributed by atoms with E-state index in [1.807, 2.05) is 0 Å². The van der Waals surface area contributed by atoms with Gasteiger partial charge in [0.15, 0.2) is 6.17 Å². The lowest BCUT2D eigenvalue weighted by Crippen LogP contribution is -2.50. The van der Waals surface area contributed by atoms with Crippen molar-refractivity contribution in [2.24, 2.45) is 10.7 Å². The fourth-order valence-electron chi connectivity index (χ4n) is 0.812. The third-order valence-corrected chi connectivity index (χ3v) is 2.04. The predicted octanol–water partition coefficient (Wildman–Crippen LogP) is 0.514. The number of hydrogen-bond donors (Lipinski definition) is 1. The SMILES string of the molecule is CC1([N+](=O)[O-])C=CC(Cl)=NC1N. The van der Waals surface area contributed by atoms with Crippen molar-refractivity contribution in [1.29, 1.82) is 0 Å². The van der Waals surface area contributed by atoms with Crippen molar-refractivity contribution >= 4 is 16.8 Å². The summed E-state index contributed by atoms with van der Waals surface area (Å²) < 4.78 is 0. The van der Waals surface area contributed by atoms with Crippen LogP contribution >= 0.6 is 11.6 Å². The normalized spacial score (nSPS) is 34.6. The van der Waals surface area contributed by atoms with E-state index in [4.69, 9.17) is 17.3 Å². The van der Waals surface area contributed by atoms with E-state index in [-0.39, 0.29) is 5.17 Å². The molecular weight excluding hydrogens is 182 g/mol. The van der Waals surface area contributed by atoms with Crippen molar-refractivity contribution in [3.8, 4) is 0 Å². The van der Waals surface area contributed by atoms with Crippen LogP contribution in [0.5, 0.6) is 0 Å². The Kier molecular flexibility index (Phi) is 2.16. The van der Waals surface area contributed by atoms with Crippen LogP contribution in [0.1, 0.15) is 6.92 Å². The molecule has 1 heterocycles. The number of hydrogen-bond acceptors (Lipinski definition) is 4. The summed E-state index contributed by atoms with van der Waals surface area (Å²) in [5.74, 6) is 0. The first-order chi connectivity index (χ1) is 5.47. The molecule has 2 unspecified atom stereocenters. The molecule has 0 aliphatic carbocycles. The van der Waals surface area contributed by atoms with E-state index in [1.165, 1.54) is 19.1 Å². The van der Waals surface area contributed by atoms with E-state index in [0.717, 1.165) is 0 Å². The Morgan fingerprint density at radius 3 is 2.92 bits per heavy atom. The van der Waals surface area contributed by atoms with Gasteiger partial charge in [-0.3, -0.25) is 10.1 Å².